The average Bonchev–Trinajstić information content (AvgIpc) is 2.80. The Hall–Kier alpha value is -0.530. The van der Waals surface area contributed by atoms with Gasteiger partial charge in [0.25, 0.3) is 0 Å². The molecule has 2 rings (SSSR count). The zero-order chi connectivity index (χ0) is 13.0. The topological polar surface area (TPSA) is 15.6 Å². The van der Waals surface area contributed by atoms with E-state index in [1.807, 2.05) is 0 Å². The van der Waals surface area contributed by atoms with Crippen LogP contribution in [0.25, 0.3) is 0 Å². The van der Waals surface area contributed by atoms with Crippen LogP contribution in [-0.2, 0) is 0 Å². The summed E-state index contributed by atoms with van der Waals surface area (Å²) in [7, 11) is 0. The molecule has 2 fully saturated rings. The molecule has 0 aromatic heterocycles. The molecule has 1 heterocycles. The van der Waals surface area contributed by atoms with Crippen molar-refractivity contribution in [2.45, 2.75) is 83.7 Å². The lowest BCUT2D eigenvalue weighted by molar-refractivity contribution is 0.209. The van der Waals surface area contributed by atoms with Crippen molar-refractivity contribution in [2.75, 3.05) is 6.54 Å². The summed E-state index contributed by atoms with van der Waals surface area (Å²) in [5.41, 5.74) is 0.0648. The Balaban J connectivity index is 1.90. The molecule has 0 spiro atoms. The third kappa shape index (κ3) is 4.29. The molecule has 1 aliphatic heterocycles. The van der Waals surface area contributed by atoms with Crippen molar-refractivity contribution < 1.29 is 0 Å². The van der Waals surface area contributed by atoms with Crippen molar-refractivity contribution in [2.24, 2.45) is 10.9 Å². The third-order valence-corrected chi connectivity index (χ3v) is 4.35. The highest BCUT2D eigenvalue weighted by molar-refractivity contribution is 5.56. The molecular weight excluding hydrogens is 220 g/mol. The van der Waals surface area contributed by atoms with Gasteiger partial charge in [-0.2, -0.15) is 0 Å². The second-order valence-corrected chi connectivity index (χ2v) is 7.19. The molecule has 0 N–H and O–H groups in total. The van der Waals surface area contributed by atoms with Crippen LogP contribution in [0.4, 0.5) is 0 Å². The van der Waals surface area contributed by atoms with E-state index in [2.05, 4.69) is 32.0 Å². The van der Waals surface area contributed by atoms with Gasteiger partial charge < -0.3 is 4.90 Å². The Morgan fingerprint density at radius 2 is 1.72 bits per heavy atom. The predicted octanol–water partition coefficient (Wildman–Crippen LogP) is 4.25. The van der Waals surface area contributed by atoms with Gasteiger partial charge in [-0.1, -0.05) is 25.7 Å². The monoisotopic (exact) mass is 250 g/mol. The van der Waals surface area contributed by atoms with Crippen LogP contribution < -0.4 is 0 Å². The molecule has 0 aromatic carbocycles. The molecule has 0 radical (unpaired) electrons. The minimum absolute atomic E-state index is 0.0648. The molecule has 0 amide bonds. The maximum absolute atomic E-state index is 4.71. The van der Waals surface area contributed by atoms with Crippen molar-refractivity contribution in [1.29, 1.82) is 0 Å². The molecule has 1 aliphatic carbocycles. The van der Waals surface area contributed by atoms with E-state index in [0.717, 1.165) is 12.0 Å². The lowest BCUT2D eigenvalue weighted by Crippen LogP contribution is -2.40. The van der Waals surface area contributed by atoms with E-state index >= 15 is 0 Å². The summed E-state index contributed by atoms with van der Waals surface area (Å²) in [4.78, 5) is 7.24. The largest absolute Gasteiger partial charge is 0.360 e. The van der Waals surface area contributed by atoms with E-state index in [0.29, 0.717) is 0 Å². The summed E-state index contributed by atoms with van der Waals surface area (Å²) in [5.74, 6) is 0.999. The zero-order valence-electron chi connectivity index (χ0n) is 12.5. The fourth-order valence-electron chi connectivity index (χ4n) is 3.31. The van der Waals surface area contributed by atoms with Gasteiger partial charge in [-0.15, -0.1) is 0 Å². The van der Waals surface area contributed by atoms with Crippen LogP contribution >= 0.6 is 0 Å². The number of hydrogen-bond donors (Lipinski definition) is 0. The minimum Gasteiger partial charge on any atom is -0.360 e. The van der Waals surface area contributed by atoms with E-state index in [9.17, 15) is 0 Å². The van der Waals surface area contributed by atoms with Gasteiger partial charge in [0.2, 0.25) is 0 Å². The smallest absolute Gasteiger partial charge is 0.0858 e. The summed E-state index contributed by atoms with van der Waals surface area (Å²) < 4.78 is 0. The number of piperidine rings is 1. The van der Waals surface area contributed by atoms with E-state index in [-0.39, 0.29) is 5.54 Å². The first-order valence-corrected chi connectivity index (χ1v) is 7.86. The van der Waals surface area contributed by atoms with Gasteiger partial charge in [-0.3, -0.25) is 4.99 Å². The molecule has 18 heavy (non-hydrogen) atoms. The quantitative estimate of drug-likeness (QED) is 0.540. The van der Waals surface area contributed by atoms with Crippen LogP contribution in [0, 0.1) is 5.92 Å². The lowest BCUT2D eigenvalue weighted by Gasteiger charge is -2.36. The van der Waals surface area contributed by atoms with Crippen molar-refractivity contribution in [3.63, 3.8) is 0 Å². The lowest BCUT2D eigenvalue weighted by atomic mass is 9.92. The summed E-state index contributed by atoms with van der Waals surface area (Å²) in [6.45, 7) is 7.76. The normalized spacial score (nSPS) is 27.3. The average molecular weight is 250 g/mol. The Labute approximate surface area is 113 Å². The van der Waals surface area contributed by atoms with Crippen LogP contribution in [0.3, 0.4) is 0 Å². The molecule has 0 bridgehead atoms. The highest BCUT2D eigenvalue weighted by atomic mass is 15.2. The van der Waals surface area contributed by atoms with E-state index in [4.69, 9.17) is 4.99 Å². The molecule has 1 saturated heterocycles. The van der Waals surface area contributed by atoms with Crippen LogP contribution in [0.5, 0.6) is 0 Å². The van der Waals surface area contributed by atoms with E-state index in [1.165, 1.54) is 57.9 Å². The van der Waals surface area contributed by atoms with Gasteiger partial charge in [0.15, 0.2) is 0 Å². The van der Waals surface area contributed by atoms with Gasteiger partial charge in [0, 0.05) is 12.6 Å². The molecule has 2 heteroatoms. The number of rotatable bonds is 3. The molecule has 1 unspecified atom stereocenters. The first kappa shape index (κ1) is 13.9. The third-order valence-electron chi connectivity index (χ3n) is 4.35. The maximum Gasteiger partial charge on any atom is 0.0858 e. The van der Waals surface area contributed by atoms with Crippen molar-refractivity contribution >= 4 is 6.34 Å². The minimum atomic E-state index is 0.0648. The molecule has 2 aliphatic rings. The highest BCUT2D eigenvalue weighted by Crippen LogP contribution is 2.32. The Morgan fingerprint density at radius 1 is 1.06 bits per heavy atom. The first-order valence-electron chi connectivity index (χ1n) is 7.86. The van der Waals surface area contributed by atoms with Gasteiger partial charge in [0.05, 0.1) is 11.9 Å². The molecule has 1 saturated carbocycles. The molecular formula is C16H30N2. The molecule has 104 valence electrons. The summed E-state index contributed by atoms with van der Waals surface area (Å²) in [6, 6.07) is 0.771. The van der Waals surface area contributed by atoms with Crippen LogP contribution in [-0.4, -0.2) is 29.4 Å². The maximum atomic E-state index is 4.71. The number of hydrogen-bond acceptors (Lipinski definition) is 1. The van der Waals surface area contributed by atoms with Crippen LogP contribution in [0.2, 0.25) is 0 Å². The molecule has 1 atom stereocenters. The standard InChI is InChI=1S/C16H30N2/c1-16(2,3)17-13-18-11-7-6-10-15(18)12-14-8-4-5-9-14/h13-15H,4-12H2,1-3H3. The predicted molar refractivity (Wildman–Crippen MR) is 79.2 cm³/mol. The Kier molecular flexibility index (Phi) is 4.69. The Morgan fingerprint density at radius 3 is 2.39 bits per heavy atom. The second-order valence-electron chi connectivity index (χ2n) is 7.19. The molecule has 0 aromatic rings. The van der Waals surface area contributed by atoms with E-state index < -0.39 is 0 Å². The zero-order valence-corrected chi connectivity index (χ0v) is 12.5. The van der Waals surface area contributed by atoms with Crippen molar-refractivity contribution in [3.05, 3.63) is 0 Å². The van der Waals surface area contributed by atoms with Gasteiger partial charge in [-0.25, -0.2) is 0 Å². The number of nitrogens with zero attached hydrogens (tertiary/aromatic N) is 2. The molecule has 2 nitrogen and oxygen atoms in total. The fraction of sp³-hybridized carbons (Fsp3) is 0.938. The first-order chi connectivity index (χ1) is 8.54. The number of aliphatic imine (C=N–C) groups is 1. The van der Waals surface area contributed by atoms with Gasteiger partial charge >= 0.3 is 0 Å². The van der Waals surface area contributed by atoms with Crippen molar-refractivity contribution in [3.8, 4) is 0 Å². The highest BCUT2D eigenvalue weighted by Gasteiger charge is 2.25. The van der Waals surface area contributed by atoms with Crippen LogP contribution in [0.15, 0.2) is 4.99 Å². The van der Waals surface area contributed by atoms with Crippen molar-refractivity contribution in [1.82, 2.24) is 4.90 Å². The van der Waals surface area contributed by atoms with Crippen LogP contribution in [0.1, 0.15) is 72.1 Å². The Bertz CT molecular complexity index is 271. The summed E-state index contributed by atoms with van der Waals surface area (Å²) in [6.07, 6.45) is 13.6. The second kappa shape index (κ2) is 6.08. The summed E-state index contributed by atoms with van der Waals surface area (Å²) >= 11 is 0. The number of likely N-dealkylation sites (tertiary alicyclic amines) is 1. The fourth-order valence-corrected chi connectivity index (χ4v) is 3.31. The van der Waals surface area contributed by atoms with E-state index in [1.54, 1.807) is 0 Å². The van der Waals surface area contributed by atoms with Gasteiger partial charge in [-0.05, 0) is 52.4 Å². The van der Waals surface area contributed by atoms with Gasteiger partial charge in [0.1, 0.15) is 0 Å². The summed E-state index contributed by atoms with van der Waals surface area (Å²) in [5, 5.41) is 0. The SMILES string of the molecule is CC(C)(C)N=CN1CCCCC1CC1CCCC1.